The highest BCUT2D eigenvalue weighted by Gasteiger charge is 2.55. The molecular weight excluding hydrogens is 425 g/mol. The van der Waals surface area contributed by atoms with Crippen molar-refractivity contribution in [1.82, 2.24) is 10.2 Å². The van der Waals surface area contributed by atoms with E-state index in [-0.39, 0.29) is 18.3 Å². The fourth-order valence-electron chi connectivity index (χ4n) is 5.27. The Morgan fingerprint density at radius 1 is 1.27 bits per heavy atom. The minimum Gasteiger partial charge on any atom is -0.460 e. The molecule has 0 radical (unpaired) electrons. The van der Waals surface area contributed by atoms with Crippen LogP contribution >= 0.6 is 24.0 Å². The molecule has 1 aliphatic carbocycles. The van der Waals surface area contributed by atoms with Crippen molar-refractivity contribution in [1.29, 1.82) is 0 Å². The summed E-state index contributed by atoms with van der Waals surface area (Å²) >= 11 is 6.24. The smallest absolute Gasteiger partial charge is 0.255 e. The van der Waals surface area contributed by atoms with Gasteiger partial charge >= 0.3 is 0 Å². The van der Waals surface area contributed by atoms with E-state index in [2.05, 4.69) is 10.2 Å². The van der Waals surface area contributed by atoms with Crippen molar-refractivity contribution in [2.24, 2.45) is 23.7 Å². The lowest BCUT2D eigenvalue weighted by Gasteiger charge is -2.28. The number of halogens is 2. The van der Waals surface area contributed by atoms with Gasteiger partial charge in [0.1, 0.15) is 11.3 Å². The Hall–Kier alpha value is -1.47. The van der Waals surface area contributed by atoms with Crippen molar-refractivity contribution in [3.05, 3.63) is 28.5 Å². The second-order valence-electron chi connectivity index (χ2n) is 8.90. The van der Waals surface area contributed by atoms with Crippen LogP contribution in [0, 0.1) is 30.6 Å². The summed E-state index contributed by atoms with van der Waals surface area (Å²) in [7, 11) is 0. The number of hydrogen-bond donors (Lipinski definition) is 2. The summed E-state index contributed by atoms with van der Waals surface area (Å²) in [6.07, 6.45) is 2.38. The Morgan fingerprint density at radius 3 is 2.67 bits per heavy atom. The van der Waals surface area contributed by atoms with Crippen molar-refractivity contribution in [3.8, 4) is 0 Å². The predicted molar refractivity (Wildman–Crippen MR) is 120 cm³/mol. The number of aryl methyl sites for hydroxylation is 1. The first kappa shape index (κ1) is 21.8. The molecule has 3 N–H and O–H groups in total. The Bertz CT molecular complexity index is 929. The topological polar surface area (TPSA) is 80.7 Å². The molecule has 3 fully saturated rings. The Morgan fingerprint density at radius 2 is 1.97 bits per heavy atom. The standard InChI is InChI=1S/C22H28ClN3O3.ClH/c1-12-6-14-20(24)19(23)7-15(21(14)29-12)22(27)25-8-16-17-10-26(11-18(16)17)9-13-2-4-28-5-3-13;/h6-7,13,16-18H,2-5,8-11,24H2,1H3,(H,25,27);1H. The molecule has 3 heterocycles. The van der Waals surface area contributed by atoms with Gasteiger partial charge in [-0.15, -0.1) is 12.4 Å². The van der Waals surface area contributed by atoms with E-state index < -0.39 is 0 Å². The van der Waals surface area contributed by atoms with Gasteiger partial charge in [-0.3, -0.25) is 4.79 Å². The van der Waals surface area contributed by atoms with Crippen molar-refractivity contribution < 1.29 is 13.9 Å². The third-order valence-electron chi connectivity index (χ3n) is 6.97. The Kier molecular flexibility index (Phi) is 6.22. The largest absolute Gasteiger partial charge is 0.460 e. The number of carbonyl (C=O) groups is 1. The Balaban J connectivity index is 0.00000218. The number of piperidine rings is 1. The summed E-state index contributed by atoms with van der Waals surface area (Å²) in [6, 6.07) is 3.44. The van der Waals surface area contributed by atoms with Gasteiger partial charge in [0.15, 0.2) is 0 Å². The zero-order valence-electron chi connectivity index (χ0n) is 17.2. The molecule has 6 nitrogen and oxygen atoms in total. The molecule has 0 spiro atoms. The molecule has 5 rings (SSSR count). The summed E-state index contributed by atoms with van der Waals surface area (Å²) in [6.45, 7) is 7.91. The first-order valence-corrected chi connectivity index (χ1v) is 11.0. The maximum Gasteiger partial charge on any atom is 0.255 e. The van der Waals surface area contributed by atoms with Gasteiger partial charge in [0.2, 0.25) is 0 Å². The number of carbonyl (C=O) groups excluding carboxylic acids is 1. The number of nitrogens with two attached hydrogens (primary N) is 1. The minimum atomic E-state index is -0.143. The van der Waals surface area contributed by atoms with Gasteiger partial charge in [-0.1, -0.05) is 11.6 Å². The highest BCUT2D eigenvalue weighted by Crippen LogP contribution is 2.51. The summed E-state index contributed by atoms with van der Waals surface area (Å²) in [5, 5.41) is 4.19. The van der Waals surface area contributed by atoms with E-state index in [4.69, 9.17) is 26.5 Å². The molecule has 2 atom stereocenters. The van der Waals surface area contributed by atoms with Gasteiger partial charge in [-0.2, -0.15) is 0 Å². The quantitative estimate of drug-likeness (QED) is 0.673. The lowest BCUT2D eigenvalue weighted by Crippen LogP contribution is -2.34. The number of likely N-dealkylation sites (tertiary alicyclic amines) is 1. The van der Waals surface area contributed by atoms with Crippen LogP contribution in [0.1, 0.15) is 29.0 Å². The molecule has 1 saturated carbocycles. The zero-order valence-corrected chi connectivity index (χ0v) is 18.7. The predicted octanol–water partition coefficient (Wildman–Crippen LogP) is 3.73. The minimum absolute atomic E-state index is 0. The van der Waals surface area contributed by atoms with E-state index in [0.29, 0.717) is 45.5 Å². The van der Waals surface area contributed by atoms with Crippen LogP contribution in [0.15, 0.2) is 16.5 Å². The number of benzene rings is 1. The number of anilines is 1. The van der Waals surface area contributed by atoms with Crippen molar-refractivity contribution in [2.45, 2.75) is 19.8 Å². The monoisotopic (exact) mass is 453 g/mol. The van der Waals surface area contributed by atoms with Gasteiger partial charge in [-0.25, -0.2) is 0 Å². The van der Waals surface area contributed by atoms with Crippen LogP contribution in [0.3, 0.4) is 0 Å². The molecule has 1 amide bonds. The Labute approximate surface area is 187 Å². The summed E-state index contributed by atoms with van der Waals surface area (Å²) in [4.78, 5) is 15.4. The highest BCUT2D eigenvalue weighted by molar-refractivity contribution is 6.35. The molecule has 2 unspecified atom stereocenters. The molecule has 1 aromatic heterocycles. The number of nitrogens with zero attached hydrogens (tertiary/aromatic N) is 1. The molecule has 164 valence electrons. The van der Waals surface area contributed by atoms with Crippen molar-refractivity contribution >= 4 is 46.6 Å². The van der Waals surface area contributed by atoms with Gasteiger partial charge in [-0.05, 0) is 55.6 Å². The van der Waals surface area contributed by atoms with E-state index >= 15 is 0 Å². The SMILES string of the molecule is Cc1cc2c(N)c(Cl)cc(C(=O)NCC3C4CN(CC5CCOCC5)CC34)c2o1.Cl. The first-order chi connectivity index (χ1) is 14.0. The molecule has 30 heavy (non-hydrogen) atoms. The van der Waals surface area contributed by atoms with Gasteiger partial charge in [0.05, 0.1) is 16.3 Å². The number of nitrogens with one attached hydrogen (secondary N) is 1. The van der Waals surface area contributed by atoms with Crippen LogP contribution in [0.2, 0.25) is 5.02 Å². The average molecular weight is 454 g/mol. The number of furan rings is 1. The van der Waals surface area contributed by atoms with Crippen LogP contribution in [-0.2, 0) is 4.74 Å². The second kappa shape index (κ2) is 8.58. The summed E-state index contributed by atoms with van der Waals surface area (Å²) < 4.78 is 11.2. The van der Waals surface area contributed by atoms with Gasteiger partial charge in [0, 0.05) is 44.8 Å². The maximum atomic E-state index is 12.8. The number of nitrogen functional groups attached to an aromatic ring is 1. The van der Waals surface area contributed by atoms with Crippen LogP contribution in [0.4, 0.5) is 5.69 Å². The molecule has 1 aromatic carbocycles. The van der Waals surface area contributed by atoms with Crippen LogP contribution in [-0.4, -0.2) is 50.2 Å². The summed E-state index contributed by atoms with van der Waals surface area (Å²) in [5.74, 6) is 3.38. The van der Waals surface area contributed by atoms with Gasteiger partial charge < -0.3 is 25.1 Å². The third-order valence-corrected chi connectivity index (χ3v) is 7.28. The van der Waals surface area contributed by atoms with E-state index in [1.807, 2.05) is 13.0 Å². The fourth-order valence-corrected chi connectivity index (χ4v) is 5.48. The highest BCUT2D eigenvalue weighted by atomic mass is 35.5. The molecule has 3 aliphatic rings. The van der Waals surface area contributed by atoms with Crippen molar-refractivity contribution in [3.63, 3.8) is 0 Å². The van der Waals surface area contributed by atoms with E-state index in [1.54, 1.807) is 6.07 Å². The van der Waals surface area contributed by atoms with Gasteiger partial charge in [0.25, 0.3) is 5.91 Å². The molecular formula is C22H29Cl2N3O3. The molecule has 2 saturated heterocycles. The number of fused-ring (bicyclic) bond motifs is 2. The molecule has 8 heteroatoms. The number of ether oxygens (including phenoxy) is 1. The van der Waals surface area contributed by atoms with Crippen molar-refractivity contribution in [2.75, 3.05) is 45.1 Å². The van der Waals surface area contributed by atoms with E-state index in [9.17, 15) is 4.79 Å². The first-order valence-electron chi connectivity index (χ1n) is 10.6. The molecule has 2 aromatic rings. The number of amides is 1. The van der Waals surface area contributed by atoms with Crippen LogP contribution < -0.4 is 11.1 Å². The fraction of sp³-hybridized carbons (Fsp3) is 0.591. The maximum absolute atomic E-state index is 12.8. The van der Waals surface area contributed by atoms with Crippen LogP contribution in [0.5, 0.6) is 0 Å². The van der Waals surface area contributed by atoms with E-state index in [1.165, 1.54) is 19.4 Å². The van der Waals surface area contributed by atoms with E-state index in [0.717, 1.165) is 44.1 Å². The lowest BCUT2D eigenvalue weighted by molar-refractivity contribution is 0.0535. The summed E-state index contributed by atoms with van der Waals surface area (Å²) in [5.41, 5.74) is 7.47. The zero-order chi connectivity index (χ0) is 20.1. The molecule has 2 aliphatic heterocycles. The lowest BCUT2D eigenvalue weighted by atomic mass is 9.99. The van der Waals surface area contributed by atoms with Crippen LogP contribution in [0.25, 0.3) is 11.0 Å². The normalized spacial score (nSPS) is 26.4. The average Bonchev–Trinajstić information content (AvgIpc) is 3.03. The second-order valence-corrected chi connectivity index (χ2v) is 9.30. The number of rotatable bonds is 5. The third kappa shape index (κ3) is 4.03. The molecule has 0 bridgehead atoms. The number of hydrogen-bond acceptors (Lipinski definition) is 5.